The summed E-state index contributed by atoms with van der Waals surface area (Å²) in [5, 5.41) is 0. The van der Waals surface area contributed by atoms with Gasteiger partial charge in [-0.15, -0.1) is 0 Å². The second-order valence-electron chi connectivity index (χ2n) is 9.24. The van der Waals surface area contributed by atoms with E-state index in [0.29, 0.717) is 53.9 Å². The van der Waals surface area contributed by atoms with Gasteiger partial charge in [-0.05, 0) is 48.4 Å². The number of imide groups is 1. The van der Waals surface area contributed by atoms with E-state index >= 15 is 0 Å². The van der Waals surface area contributed by atoms with Crippen molar-refractivity contribution in [1.82, 2.24) is 9.80 Å². The Morgan fingerprint density at radius 1 is 0.970 bits per heavy atom. The minimum Gasteiger partial charge on any atom is -0.494 e. The zero-order valence-corrected chi connectivity index (χ0v) is 19.5. The zero-order valence-electron chi connectivity index (χ0n) is 19.5. The van der Waals surface area contributed by atoms with Crippen molar-refractivity contribution >= 4 is 17.4 Å². The van der Waals surface area contributed by atoms with E-state index in [1.165, 1.54) is 11.0 Å². The van der Waals surface area contributed by atoms with Crippen LogP contribution in [0.2, 0.25) is 0 Å². The molecule has 2 aromatic rings. The SMILES string of the molecule is CCCOc1ccc(C2=C(N3CC(C)CC(C)C3)C(=O)N(Cc3ccccc3F)C2=O)cc1. The third kappa shape index (κ3) is 4.80. The minimum absolute atomic E-state index is 0.0893. The molecule has 2 aromatic carbocycles. The van der Waals surface area contributed by atoms with Gasteiger partial charge in [-0.25, -0.2) is 4.39 Å². The van der Waals surface area contributed by atoms with Gasteiger partial charge in [-0.1, -0.05) is 51.1 Å². The summed E-state index contributed by atoms with van der Waals surface area (Å²) in [5.74, 6) is 0.387. The Morgan fingerprint density at radius 2 is 1.64 bits per heavy atom. The van der Waals surface area contributed by atoms with Crippen LogP contribution in [0.3, 0.4) is 0 Å². The Balaban J connectivity index is 1.72. The van der Waals surface area contributed by atoms with E-state index in [-0.39, 0.29) is 18.4 Å². The monoisotopic (exact) mass is 450 g/mol. The van der Waals surface area contributed by atoms with Crippen LogP contribution in [0.1, 0.15) is 44.7 Å². The number of hydrogen-bond donors (Lipinski definition) is 0. The maximum atomic E-state index is 14.3. The van der Waals surface area contributed by atoms with Crippen molar-refractivity contribution in [1.29, 1.82) is 0 Å². The van der Waals surface area contributed by atoms with Gasteiger partial charge in [0.2, 0.25) is 0 Å². The molecule has 2 unspecified atom stereocenters. The Hall–Kier alpha value is -3.15. The van der Waals surface area contributed by atoms with Crippen LogP contribution < -0.4 is 4.74 Å². The van der Waals surface area contributed by atoms with Crippen molar-refractivity contribution < 1.29 is 18.7 Å². The maximum Gasteiger partial charge on any atom is 0.278 e. The van der Waals surface area contributed by atoms with Gasteiger partial charge in [0.05, 0.1) is 18.7 Å². The lowest BCUT2D eigenvalue weighted by atomic mass is 9.91. The standard InChI is InChI=1S/C27H31FN2O3/c1-4-13-33-22-11-9-20(10-12-22)24-25(29-15-18(2)14-19(3)16-29)27(32)30(26(24)31)17-21-7-5-6-8-23(21)28/h5-12,18-19H,4,13-17H2,1-3H3. The summed E-state index contributed by atoms with van der Waals surface area (Å²) in [5.41, 5.74) is 1.81. The fourth-order valence-electron chi connectivity index (χ4n) is 4.84. The van der Waals surface area contributed by atoms with E-state index < -0.39 is 5.82 Å². The second-order valence-corrected chi connectivity index (χ2v) is 9.24. The van der Waals surface area contributed by atoms with Gasteiger partial charge in [-0.2, -0.15) is 0 Å². The number of carbonyl (C=O) groups is 2. The van der Waals surface area contributed by atoms with Crippen LogP contribution in [0.5, 0.6) is 5.75 Å². The Labute approximate surface area is 194 Å². The number of rotatable bonds is 7. The molecule has 6 heteroatoms. The normalized spacial score (nSPS) is 21.2. The number of hydrogen-bond acceptors (Lipinski definition) is 4. The Morgan fingerprint density at radius 3 is 2.27 bits per heavy atom. The summed E-state index contributed by atoms with van der Waals surface area (Å²) in [7, 11) is 0. The van der Waals surface area contributed by atoms with Crippen LogP contribution >= 0.6 is 0 Å². The number of ether oxygens (including phenoxy) is 1. The minimum atomic E-state index is -0.425. The quantitative estimate of drug-likeness (QED) is 0.565. The average Bonchev–Trinajstić information content (AvgIpc) is 3.03. The summed E-state index contributed by atoms with van der Waals surface area (Å²) >= 11 is 0. The van der Waals surface area contributed by atoms with Gasteiger partial charge in [0.1, 0.15) is 17.3 Å². The van der Waals surface area contributed by atoms with Crippen molar-refractivity contribution in [3.05, 3.63) is 71.2 Å². The Kier molecular flexibility index (Phi) is 6.82. The predicted molar refractivity (Wildman–Crippen MR) is 126 cm³/mol. The highest BCUT2D eigenvalue weighted by Gasteiger charge is 2.43. The van der Waals surface area contributed by atoms with Gasteiger partial charge in [-0.3, -0.25) is 14.5 Å². The zero-order chi connectivity index (χ0) is 23.5. The van der Waals surface area contributed by atoms with E-state index in [1.807, 2.05) is 31.2 Å². The first-order valence-electron chi connectivity index (χ1n) is 11.7. The van der Waals surface area contributed by atoms with Crippen molar-refractivity contribution in [3.8, 4) is 5.75 Å². The molecule has 2 amide bonds. The molecule has 2 aliphatic heterocycles. The van der Waals surface area contributed by atoms with E-state index in [2.05, 4.69) is 18.7 Å². The smallest absolute Gasteiger partial charge is 0.278 e. The maximum absolute atomic E-state index is 14.3. The van der Waals surface area contributed by atoms with E-state index in [1.54, 1.807) is 18.2 Å². The molecule has 174 valence electrons. The first-order valence-corrected chi connectivity index (χ1v) is 11.7. The van der Waals surface area contributed by atoms with Gasteiger partial charge < -0.3 is 9.64 Å². The first-order chi connectivity index (χ1) is 15.9. The number of piperidine rings is 1. The third-order valence-corrected chi connectivity index (χ3v) is 6.23. The highest BCUT2D eigenvalue weighted by molar-refractivity contribution is 6.35. The van der Waals surface area contributed by atoms with Crippen LogP contribution in [0.4, 0.5) is 4.39 Å². The molecule has 0 aromatic heterocycles. The third-order valence-electron chi connectivity index (χ3n) is 6.23. The lowest BCUT2D eigenvalue weighted by Crippen LogP contribution is -2.41. The highest BCUT2D eigenvalue weighted by Crippen LogP contribution is 2.36. The fourth-order valence-corrected chi connectivity index (χ4v) is 4.84. The molecular formula is C27H31FN2O3. The molecule has 0 radical (unpaired) electrons. The molecule has 0 bridgehead atoms. The van der Waals surface area contributed by atoms with E-state index in [9.17, 15) is 14.0 Å². The molecule has 4 rings (SSSR count). The van der Waals surface area contributed by atoms with E-state index in [0.717, 1.165) is 18.6 Å². The predicted octanol–water partition coefficient (Wildman–Crippen LogP) is 4.87. The van der Waals surface area contributed by atoms with Crippen LogP contribution in [-0.2, 0) is 16.1 Å². The molecule has 0 N–H and O–H groups in total. The molecule has 0 saturated carbocycles. The number of halogens is 1. The summed E-state index contributed by atoms with van der Waals surface area (Å²) < 4.78 is 20.0. The number of benzene rings is 2. The molecule has 2 heterocycles. The van der Waals surface area contributed by atoms with Gasteiger partial charge in [0.25, 0.3) is 11.8 Å². The largest absolute Gasteiger partial charge is 0.494 e. The van der Waals surface area contributed by atoms with Gasteiger partial charge in [0, 0.05) is 18.7 Å². The molecule has 1 fully saturated rings. The number of nitrogens with zero attached hydrogens (tertiary/aromatic N) is 2. The Bertz CT molecular complexity index is 1050. The van der Waals surface area contributed by atoms with E-state index in [4.69, 9.17) is 4.74 Å². The number of carbonyl (C=O) groups excluding carboxylic acids is 2. The molecular weight excluding hydrogens is 419 g/mol. The lowest BCUT2D eigenvalue weighted by Gasteiger charge is -2.37. The van der Waals surface area contributed by atoms with Crippen LogP contribution in [0, 0.1) is 17.7 Å². The number of likely N-dealkylation sites (tertiary alicyclic amines) is 1. The van der Waals surface area contributed by atoms with Gasteiger partial charge in [0.15, 0.2) is 0 Å². The topological polar surface area (TPSA) is 49.9 Å². The average molecular weight is 451 g/mol. The number of amides is 2. The first kappa shape index (κ1) is 23.0. The molecule has 2 atom stereocenters. The summed E-state index contributed by atoms with van der Waals surface area (Å²) in [6.07, 6.45) is 1.99. The van der Waals surface area contributed by atoms with Crippen LogP contribution in [0.15, 0.2) is 54.2 Å². The van der Waals surface area contributed by atoms with Crippen molar-refractivity contribution in [2.75, 3.05) is 19.7 Å². The summed E-state index contributed by atoms with van der Waals surface area (Å²) in [6, 6.07) is 13.6. The van der Waals surface area contributed by atoms with Gasteiger partial charge >= 0.3 is 0 Å². The van der Waals surface area contributed by atoms with Crippen LogP contribution in [-0.4, -0.2) is 41.3 Å². The van der Waals surface area contributed by atoms with Crippen molar-refractivity contribution in [3.63, 3.8) is 0 Å². The molecule has 33 heavy (non-hydrogen) atoms. The van der Waals surface area contributed by atoms with Crippen molar-refractivity contribution in [2.45, 2.75) is 40.2 Å². The lowest BCUT2D eigenvalue weighted by molar-refractivity contribution is -0.138. The highest BCUT2D eigenvalue weighted by atomic mass is 19.1. The molecule has 5 nitrogen and oxygen atoms in total. The second kappa shape index (κ2) is 9.77. The molecule has 2 aliphatic rings. The molecule has 0 aliphatic carbocycles. The molecule has 1 saturated heterocycles. The summed E-state index contributed by atoms with van der Waals surface area (Å²) in [4.78, 5) is 30.4. The van der Waals surface area contributed by atoms with Crippen LogP contribution in [0.25, 0.3) is 5.57 Å². The van der Waals surface area contributed by atoms with Crippen molar-refractivity contribution in [2.24, 2.45) is 11.8 Å². The molecule has 0 spiro atoms. The fraction of sp³-hybridized carbons (Fsp3) is 0.407. The summed E-state index contributed by atoms with van der Waals surface area (Å²) in [6.45, 7) is 8.33.